The van der Waals surface area contributed by atoms with E-state index in [2.05, 4.69) is 0 Å². The third-order valence-corrected chi connectivity index (χ3v) is 8.31. The molecule has 2 saturated heterocycles. The second-order valence-corrected chi connectivity index (χ2v) is 11.0. The Bertz CT molecular complexity index is 1060. The first-order chi connectivity index (χ1) is 15.9. The Hall–Kier alpha value is -2.13. The molecule has 2 aromatic carbocycles. The second-order valence-electron chi connectivity index (χ2n) is 8.67. The largest absolute Gasteiger partial charge is 0.493 e. The van der Waals surface area contributed by atoms with E-state index in [1.54, 1.807) is 23.1 Å². The van der Waals surface area contributed by atoms with Gasteiger partial charge >= 0.3 is 0 Å². The predicted molar refractivity (Wildman–Crippen MR) is 126 cm³/mol. The second kappa shape index (κ2) is 10.4. The minimum Gasteiger partial charge on any atom is -0.493 e. The molecule has 178 valence electrons. The van der Waals surface area contributed by atoms with Crippen molar-refractivity contribution in [3.63, 3.8) is 0 Å². The number of sulfonamides is 1. The zero-order chi connectivity index (χ0) is 23.3. The number of morpholine rings is 1. The van der Waals surface area contributed by atoms with Crippen LogP contribution < -0.4 is 4.74 Å². The number of amides is 1. The molecule has 0 radical (unpaired) electrons. The molecule has 2 aliphatic heterocycles. The normalized spacial score (nSPS) is 22.2. The average molecular weight is 493 g/mol. The molecule has 1 amide bonds. The van der Waals surface area contributed by atoms with Crippen LogP contribution in [0, 0.1) is 5.41 Å². The number of carbonyl (C=O) groups is 1. The molecule has 2 aromatic rings. The van der Waals surface area contributed by atoms with Crippen molar-refractivity contribution in [2.24, 2.45) is 5.41 Å². The number of nitrogens with zero attached hydrogens (tertiary/aromatic N) is 2. The number of hydrogen-bond acceptors (Lipinski definition) is 5. The van der Waals surface area contributed by atoms with E-state index in [0.717, 1.165) is 0 Å². The van der Waals surface area contributed by atoms with Crippen molar-refractivity contribution in [2.75, 3.05) is 46.0 Å². The van der Waals surface area contributed by atoms with E-state index in [9.17, 15) is 13.2 Å². The molecule has 0 aromatic heterocycles. The number of hydrogen-bond donors (Lipinski definition) is 0. The van der Waals surface area contributed by atoms with Gasteiger partial charge in [0, 0.05) is 43.0 Å². The quantitative estimate of drug-likeness (QED) is 0.591. The fraction of sp³-hybridized carbons (Fsp3) is 0.458. The van der Waals surface area contributed by atoms with Crippen molar-refractivity contribution in [1.29, 1.82) is 0 Å². The van der Waals surface area contributed by atoms with Crippen LogP contribution >= 0.6 is 11.6 Å². The SMILES string of the molecule is O=C(C[C@]1(COc2ccccc2)CCCN(S(=O)(=O)c2cccc(Cl)c2)C1)N1CCOCC1. The van der Waals surface area contributed by atoms with Gasteiger partial charge in [0.05, 0.1) is 24.7 Å². The predicted octanol–water partition coefficient (Wildman–Crippen LogP) is 3.44. The minimum absolute atomic E-state index is 0.0111. The number of carbonyl (C=O) groups excluding carboxylic acids is 1. The van der Waals surface area contributed by atoms with E-state index in [1.807, 2.05) is 30.3 Å². The van der Waals surface area contributed by atoms with Gasteiger partial charge in [0.2, 0.25) is 15.9 Å². The van der Waals surface area contributed by atoms with Gasteiger partial charge in [-0.05, 0) is 43.2 Å². The van der Waals surface area contributed by atoms with Crippen LogP contribution in [-0.4, -0.2) is 69.5 Å². The van der Waals surface area contributed by atoms with Gasteiger partial charge in [-0.25, -0.2) is 8.42 Å². The summed E-state index contributed by atoms with van der Waals surface area (Å²) in [6, 6.07) is 15.7. The van der Waals surface area contributed by atoms with Crippen LogP contribution in [0.2, 0.25) is 5.02 Å². The van der Waals surface area contributed by atoms with Gasteiger partial charge in [-0.3, -0.25) is 4.79 Å². The van der Waals surface area contributed by atoms with Gasteiger partial charge in [0.15, 0.2) is 0 Å². The molecule has 2 aliphatic rings. The first kappa shape index (κ1) is 24.0. The lowest BCUT2D eigenvalue weighted by Gasteiger charge is -2.42. The van der Waals surface area contributed by atoms with E-state index in [4.69, 9.17) is 21.1 Å². The van der Waals surface area contributed by atoms with Gasteiger partial charge < -0.3 is 14.4 Å². The molecule has 9 heteroatoms. The summed E-state index contributed by atoms with van der Waals surface area (Å²) in [6.07, 6.45) is 1.58. The van der Waals surface area contributed by atoms with E-state index in [0.29, 0.717) is 56.5 Å². The van der Waals surface area contributed by atoms with Crippen LogP contribution in [0.4, 0.5) is 0 Å². The highest BCUT2D eigenvalue weighted by Gasteiger charge is 2.43. The fourth-order valence-corrected chi connectivity index (χ4v) is 6.35. The smallest absolute Gasteiger partial charge is 0.243 e. The zero-order valence-corrected chi connectivity index (χ0v) is 20.1. The van der Waals surface area contributed by atoms with Crippen molar-refractivity contribution in [1.82, 2.24) is 9.21 Å². The zero-order valence-electron chi connectivity index (χ0n) is 18.5. The molecule has 0 unspecified atom stereocenters. The Morgan fingerprint density at radius 3 is 2.55 bits per heavy atom. The lowest BCUT2D eigenvalue weighted by Crippen LogP contribution is -2.51. The Kier molecular flexibility index (Phi) is 7.58. The Morgan fingerprint density at radius 1 is 1.06 bits per heavy atom. The van der Waals surface area contributed by atoms with Crippen molar-refractivity contribution in [2.45, 2.75) is 24.2 Å². The van der Waals surface area contributed by atoms with Crippen molar-refractivity contribution in [3.05, 3.63) is 59.6 Å². The molecule has 0 N–H and O–H groups in total. The molecule has 2 heterocycles. The van der Waals surface area contributed by atoms with E-state index in [1.165, 1.54) is 10.4 Å². The summed E-state index contributed by atoms with van der Waals surface area (Å²) >= 11 is 6.05. The van der Waals surface area contributed by atoms with Crippen molar-refractivity contribution >= 4 is 27.5 Å². The molecule has 4 rings (SSSR count). The molecular weight excluding hydrogens is 464 g/mol. The van der Waals surface area contributed by atoms with E-state index in [-0.39, 0.29) is 30.4 Å². The van der Waals surface area contributed by atoms with Gasteiger partial charge in [-0.1, -0.05) is 35.9 Å². The number of para-hydroxylation sites is 1. The summed E-state index contributed by atoms with van der Waals surface area (Å²) in [6.45, 7) is 3.02. The summed E-state index contributed by atoms with van der Waals surface area (Å²) in [5.41, 5.74) is -0.630. The summed E-state index contributed by atoms with van der Waals surface area (Å²) in [5.74, 6) is 0.711. The van der Waals surface area contributed by atoms with Gasteiger partial charge in [-0.15, -0.1) is 0 Å². The molecule has 2 fully saturated rings. The Labute approximate surface area is 200 Å². The highest BCUT2D eigenvalue weighted by atomic mass is 35.5. The van der Waals surface area contributed by atoms with E-state index >= 15 is 0 Å². The van der Waals surface area contributed by atoms with Crippen LogP contribution in [0.15, 0.2) is 59.5 Å². The van der Waals surface area contributed by atoms with Gasteiger partial charge in [0.1, 0.15) is 5.75 Å². The lowest BCUT2D eigenvalue weighted by atomic mass is 9.78. The monoisotopic (exact) mass is 492 g/mol. The molecule has 7 nitrogen and oxygen atoms in total. The van der Waals surface area contributed by atoms with Gasteiger partial charge in [-0.2, -0.15) is 4.31 Å². The standard InChI is InChI=1S/C24H29ClN2O5S/c25-20-6-4-9-22(16-20)33(29,30)27-11-5-10-24(18-27,19-32-21-7-2-1-3-8-21)17-23(28)26-12-14-31-15-13-26/h1-4,6-9,16H,5,10-15,17-19H2/t24-/m1/s1. The maximum absolute atomic E-state index is 13.4. The van der Waals surface area contributed by atoms with Crippen LogP contribution in [0.3, 0.4) is 0 Å². The molecule has 33 heavy (non-hydrogen) atoms. The molecule has 1 atom stereocenters. The summed E-state index contributed by atoms with van der Waals surface area (Å²) < 4.78 is 39.7. The van der Waals surface area contributed by atoms with Gasteiger partial charge in [0.25, 0.3) is 0 Å². The maximum Gasteiger partial charge on any atom is 0.243 e. The Morgan fingerprint density at radius 2 is 1.82 bits per heavy atom. The summed E-state index contributed by atoms with van der Waals surface area (Å²) in [7, 11) is -3.75. The molecule has 0 saturated carbocycles. The van der Waals surface area contributed by atoms with Crippen LogP contribution in [-0.2, 0) is 19.6 Å². The highest BCUT2D eigenvalue weighted by molar-refractivity contribution is 7.89. The number of ether oxygens (including phenoxy) is 2. The van der Waals surface area contributed by atoms with E-state index < -0.39 is 15.4 Å². The van der Waals surface area contributed by atoms with Crippen LogP contribution in [0.1, 0.15) is 19.3 Å². The van der Waals surface area contributed by atoms with Crippen molar-refractivity contribution in [3.8, 4) is 5.75 Å². The summed E-state index contributed by atoms with van der Waals surface area (Å²) in [5, 5.41) is 0.370. The fourth-order valence-electron chi connectivity index (χ4n) is 4.46. The number of rotatable bonds is 7. The Balaban J connectivity index is 1.57. The summed E-state index contributed by atoms with van der Waals surface area (Å²) in [4.78, 5) is 15.1. The third-order valence-electron chi connectivity index (χ3n) is 6.24. The minimum atomic E-state index is -3.75. The number of piperidine rings is 1. The molecule has 0 spiro atoms. The number of halogens is 1. The third kappa shape index (κ3) is 5.87. The maximum atomic E-state index is 13.4. The average Bonchev–Trinajstić information content (AvgIpc) is 2.84. The molecule has 0 bridgehead atoms. The highest BCUT2D eigenvalue weighted by Crippen LogP contribution is 2.37. The molecular formula is C24H29ClN2O5S. The first-order valence-electron chi connectivity index (χ1n) is 11.2. The first-order valence-corrected chi connectivity index (χ1v) is 13.0. The van der Waals surface area contributed by atoms with Crippen LogP contribution in [0.5, 0.6) is 5.75 Å². The van der Waals surface area contributed by atoms with Crippen LogP contribution in [0.25, 0.3) is 0 Å². The van der Waals surface area contributed by atoms with Crippen molar-refractivity contribution < 1.29 is 22.7 Å². The lowest BCUT2D eigenvalue weighted by molar-refractivity contribution is -0.139. The topological polar surface area (TPSA) is 76.2 Å². The number of benzene rings is 2. The molecule has 0 aliphatic carbocycles.